The Kier molecular flexibility index (Phi) is 2.41. The highest BCUT2D eigenvalue weighted by molar-refractivity contribution is 9.10. The van der Waals surface area contributed by atoms with Gasteiger partial charge in [0.15, 0.2) is 0 Å². The lowest BCUT2D eigenvalue weighted by molar-refractivity contribution is 0.610. The minimum absolute atomic E-state index is 0.105. The van der Waals surface area contributed by atoms with Gasteiger partial charge in [0.05, 0.1) is 0 Å². The Balaban J connectivity index is 2.27. The normalized spacial score (nSPS) is 16.2. The molecule has 86 valence electrons. The predicted octanol–water partition coefficient (Wildman–Crippen LogP) is 4.68. The number of hydrogen-bond donors (Lipinski definition) is 0. The molecule has 0 unspecified atom stereocenters. The molecule has 1 aliphatic carbocycles. The van der Waals surface area contributed by atoms with E-state index < -0.39 is 0 Å². The van der Waals surface area contributed by atoms with Gasteiger partial charge in [0, 0.05) is 9.89 Å². The molecule has 0 aromatic heterocycles. The topological polar surface area (TPSA) is 0 Å². The molecule has 0 spiro atoms. The van der Waals surface area contributed by atoms with Crippen molar-refractivity contribution < 1.29 is 0 Å². The number of fused-ring (bicyclic) bond motifs is 2. The quantitative estimate of drug-likeness (QED) is 0.660. The fraction of sp³-hybridized carbons (Fsp3) is 0.250. The van der Waals surface area contributed by atoms with Crippen molar-refractivity contribution in [3.8, 4) is 0 Å². The molecule has 2 aromatic rings. The summed E-state index contributed by atoms with van der Waals surface area (Å²) in [5.41, 5.74) is 5.94. The van der Waals surface area contributed by atoms with Gasteiger partial charge in [-0.3, -0.25) is 0 Å². The van der Waals surface area contributed by atoms with Crippen LogP contribution in [0.25, 0.3) is 0 Å². The Morgan fingerprint density at radius 3 is 2.47 bits per heavy atom. The van der Waals surface area contributed by atoms with Gasteiger partial charge in [-0.1, -0.05) is 60.1 Å². The van der Waals surface area contributed by atoms with Crippen LogP contribution in [0.3, 0.4) is 0 Å². The van der Waals surface area contributed by atoms with Gasteiger partial charge in [0.1, 0.15) is 0 Å². The summed E-state index contributed by atoms with van der Waals surface area (Å²) in [7, 11) is 0. The Hall–Kier alpha value is -1.08. The van der Waals surface area contributed by atoms with Gasteiger partial charge in [-0.2, -0.15) is 0 Å². The third-order valence-corrected chi connectivity index (χ3v) is 4.31. The first kappa shape index (κ1) is 11.0. The molecule has 0 saturated heterocycles. The maximum Gasteiger partial charge on any atom is 0.0178 e. The molecule has 0 saturated carbocycles. The predicted molar refractivity (Wildman–Crippen MR) is 75.5 cm³/mol. The molecule has 0 atom stereocenters. The van der Waals surface area contributed by atoms with E-state index in [4.69, 9.17) is 0 Å². The number of halogens is 1. The standard InChI is InChI=1S/C16H15Br/c1-16(2)14-6-4-3-5-11(14)9-12-7-8-13(17)10-15(12)16/h3-8,10H,9H2,1-2H3. The molecule has 0 nitrogen and oxygen atoms in total. The molecule has 3 rings (SSSR count). The zero-order chi connectivity index (χ0) is 12.0. The Morgan fingerprint density at radius 1 is 0.941 bits per heavy atom. The van der Waals surface area contributed by atoms with Crippen molar-refractivity contribution in [2.45, 2.75) is 25.7 Å². The molecule has 0 amide bonds. The van der Waals surface area contributed by atoms with Crippen molar-refractivity contribution in [3.05, 3.63) is 69.2 Å². The smallest absolute Gasteiger partial charge is 0.0178 e. The van der Waals surface area contributed by atoms with Crippen molar-refractivity contribution in [1.29, 1.82) is 0 Å². The monoisotopic (exact) mass is 286 g/mol. The average molecular weight is 287 g/mol. The van der Waals surface area contributed by atoms with E-state index >= 15 is 0 Å². The average Bonchev–Trinajstić information content (AvgIpc) is 2.31. The van der Waals surface area contributed by atoms with Crippen LogP contribution in [0, 0.1) is 0 Å². The van der Waals surface area contributed by atoms with Crippen molar-refractivity contribution >= 4 is 15.9 Å². The second-order valence-corrected chi connectivity index (χ2v) is 6.18. The molecule has 0 aliphatic heterocycles. The minimum Gasteiger partial charge on any atom is -0.0620 e. The molecule has 1 heteroatoms. The van der Waals surface area contributed by atoms with E-state index in [2.05, 4.69) is 72.2 Å². The van der Waals surface area contributed by atoms with Crippen molar-refractivity contribution in [3.63, 3.8) is 0 Å². The maximum atomic E-state index is 3.58. The van der Waals surface area contributed by atoms with Crippen LogP contribution in [0.15, 0.2) is 46.9 Å². The fourth-order valence-corrected chi connectivity index (χ4v) is 3.28. The maximum absolute atomic E-state index is 3.58. The second-order valence-electron chi connectivity index (χ2n) is 5.26. The van der Waals surface area contributed by atoms with Gasteiger partial charge >= 0.3 is 0 Å². The van der Waals surface area contributed by atoms with Gasteiger partial charge in [-0.15, -0.1) is 0 Å². The lowest BCUT2D eigenvalue weighted by Crippen LogP contribution is -2.26. The second kappa shape index (κ2) is 3.71. The summed E-state index contributed by atoms with van der Waals surface area (Å²) in [5, 5.41) is 0. The molecule has 0 bridgehead atoms. The van der Waals surface area contributed by atoms with Crippen LogP contribution < -0.4 is 0 Å². The first-order valence-electron chi connectivity index (χ1n) is 5.96. The molecule has 0 radical (unpaired) electrons. The zero-order valence-electron chi connectivity index (χ0n) is 10.1. The summed E-state index contributed by atoms with van der Waals surface area (Å²) in [6.45, 7) is 4.63. The highest BCUT2D eigenvalue weighted by Crippen LogP contribution is 2.41. The van der Waals surface area contributed by atoms with Gasteiger partial charge in [0.25, 0.3) is 0 Å². The van der Waals surface area contributed by atoms with Crippen LogP contribution in [0.1, 0.15) is 36.1 Å². The number of benzene rings is 2. The van der Waals surface area contributed by atoms with Gasteiger partial charge in [0.2, 0.25) is 0 Å². The lowest BCUT2D eigenvalue weighted by Gasteiger charge is -2.35. The van der Waals surface area contributed by atoms with Crippen LogP contribution in [0.2, 0.25) is 0 Å². The fourth-order valence-electron chi connectivity index (χ4n) is 2.92. The summed E-state index contributed by atoms with van der Waals surface area (Å²) >= 11 is 3.58. The molecule has 0 fully saturated rings. The van der Waals surface area contributed by atoms with Crippen LogP contribution in [0.5, 0.6) is 0 Å². The van der Waals surface area contributed by atoms with Crippen molar-refractivity contribution in [2.75, 3.05) is 0 Å². The third kappa shape index (κ3) is 1.64. The Labute approximate surface area is 111 Å². The van der Waals surface area contributed by atoms with E-state index in [1.165, 1.54) is 26.7 Å². The number of hydrogen-bond acceptors (Lipinski definition) is 0. The third-order valence-electron chi connectivity index (χ3n) is 3.82. The van der Waals surface area contributed by atoms with Crippen LogP contribution in [-0.2, 0) is 11.8 Å². The van der Waals surface area contributed by atoms with E-state index in [0.29, 0.717) is 0 Å². The molecule has 2 aromatic carbocycles. The van der Waals surface area contributed by atoms with Gasteiger partial charge < -0.3 is 0 Å². The summed E-state index contributed by atoms with van der Waals surface area (Å²) in [5.74, 6) is 0. The van der Waals surface area contributed by atoms with E-state index in [0.717, 1.165) is 6.42 Å². The minimum atomic E-state index is 0.105. The van der Waals surface area contributed by atoms with Crippen LogP contribution in [0.4, 0.5) is 0 Å². The largest absolute Gasteiger partial charge is 0.0620 e. The Morgan fingerprint density at radius 2 is 1.65 bits per heavy atom. The van der Waals surface area contributed by atoms with Crippen molar-refractivity contribution in [2.24, 2.45) is 0 Å². The summed E-state index contributed by atoms with van der Waals surface area (Å²) in [6, 6.07) is 15.5. The van der Waals surface area contributed by atoms with E-state index in [-0.39, 0.29) is 5.41 Å². The number of rotatable bonds is 0. The van der Waals surface area contributed by atoms with E-state index in [1.807, 2.05) is 0 Å². The summed E-state index contributed by atoms with van der Waals surface area (Å²) in [6.07, 6.45) is 1.06. The highest BCUT2D eigenvalue weighted by atomic mass is 79.9. The molecule has 17 heavy (non-hydrogen) atoms. The molecular weight excluding hydrogens is 272 g/mol. The van der Waals surface area contributed by atoms with Crippen LogP contribution in [-0.4, -0.2) is 0 Å². The zero-order valence-corrected chi connectivity index (χ0v) is 11.7. The molecular formula is C16H15Br. The first-order valence-corrected chi connectivity index (χ1v) is 6.75. The lowest BCUT2D eigenvalue weighted by atomic mass is 9.69. The Bertz CT molecular complexity index is 582. The molecule has 0 heterocycles. The van der Waals surface area contributed by atoms with E-state index in [1.54, 1.807) is 0 Å². The van der Waals surface area contributed by atoms with Gasteiger partial charge in [-0.25, -0.2) is 0 Å². The highest BCUT2D eigenvalue weighted by Gasteiger charge is 2.31. The first-order chi connectivity index (χ1) is 8.09. The van der Waals surface area contributed by atoms with E-state index in [9.17, 15) is 0 Å². The molecule has 0 N–H and O–H groups in total. The SMILES string of the molecule is CC1(C)c2ccccc2Cc2ccc(Br)cc21. The van der Waals surface area contributed by atoms with Gasteiger partial charge in [-0.05, 0) is 40.8 Å². The van der Waals surface area contributed by atoms with Crippen molar-refractivity contribution in [1.82, 2.24) is 0 Å². The summed E-state index contributed by atoms with van der Waals surface area (Å²) < 4.78 is 1.17. The molecule has 1 aliphatic rings. The van der Waals surface area contributed by atoms with Crippen LogP contribution >= 0.6 is 15.9 Å². The summed E-state index contributed by atoms with van der Waals surface area (Å²) in [4.78, 5) is 0.